The Hall–Kier alpha value is -2.04. The largest absolute Gasteiger partial charge is 0.354 e. The van der Waals surface area contributed by atoms with Crippen molar-refractivity contribution in [1.29, 1.82) is 0 Å². The van der Waals surface area contributed by atoms with E-state index in [1.54, 1.807) is 30.0 Å². The molecule has 0 unspecified atom stereocenters. The highest BCUT2D eigenvalue weighted by molar-refractivity contribution is 6.35. The number of aryl methyl sites for hydroxylation is 1. The second-order valence-corrected chi connectivity index (χ2v) is 7.91. The van der Waals surface area contributed by atoms with Gasteiger partial charge in [-0.2, -0.15) is 0 Å². The highest BCUT2D eigenvalue weighted by Crippen LogP contribution is 2.23. The van der Waals surface area contributed by atoms with Gasteiger partial charge in [0, 0.05) is 29.6 Å². The maximum atomic E-state index is 13.1. The van der Waals surface area contributed by atoms with Crippen LogP contribution in [0, 0.1) is 0 Å². The molecule has 0 radical (unpaired) electrons. The number of nitrogens with one attached hydrogen (secondary N) is 1. The van der Waals surface area contributed by atoms with Crippen LogP contribution < -0.4 is 5.32 Å². The van der Waals surface area contributed by atoms with Crippen molar-refractivity contribution in [2.24, 2.45) is 0 Å². The van der Waals surface area contributed by atoms with Gasteiger partial charge in [-0.05, 0) is 43.0 Å². The lowest BCUT2D eigenvalue weighted by atomic mass is 10.1. The minimum absolute atomic E-state index is 0.0852. The van der Waals surface area contributed by atoms with Gasteiger partial charge < -0.3 is 10.2 Å². The Morgan fingerprint density at radius 1 is 1.10 bits per heavy atom. The van der Waals surface area contributed by atoms with Gasteiger partial charge in [0.05, 0.1) is 0 Å². The number of unbranched alkanes of at least 4 members (excludes halogenated alkanes) is 1. The molecule has 2 aromatic carbocycles. The molecule has 29 heavy (non-hydrogen) atoms. The smallest absolute Gasteiger partial charge is 0.242 e. The van der Waals surface area contributed by atoms with E-state index in [2.05, 4.69) is 12.2 Å². The Kier molecular flexibility index (Phi) is 9.49. The van der Waals surface area contributed by atoms with Crippen LogP contribution >= 0.6 is 23.2 Å². The molecule has 0 heterocycles. The fraction of sp³-hybridized carbons (Fsp3) is 0.391. The summed E-state index contributed by atoms with van der Waals surface area (Å²) in [5, 5.41) is 3.93. The van der Waals surface area contributed by atoms with Crippen LogP contribution in [-0.4, -0.2) is 29.3 Å². The van der Waals surface area contributed by atoms with E-state index in [-0.39, 0.29) is 18.4 Å². The fourth-order valence-electron chi connectivity index (χ4n) is 2.99. The Balaban J connectivity index is 2.14. The van der Waals surface area contributed by atoms with Gasteiger partial charge in [-0.3, -0.25) is 9.59 Å². The third kappa shape index (κ3) is 7.37. The maximum Gasteiger partial charge on any atom is 0.242 e. The maximum absolute atomic E-state index is 13.1. The summed E-state index contributed by atoms with van der Waals surface area (Å²) in [6.07, 6.45) is 2.84. The van der Waals surface area contributed by atoms with Gasteiger partial charge in [0.2, 0.25) is 11.8 Å². The van der Waals surface area contributed by atoms with E-state index in [0.717, 1.165) is 24.0 Å². The van der Waals surface area contributed by atoms with Crippen LogP contribution in [0.25, 0.3) is 0 Å². The highest BCUT2D eigenvalue weighted by Gasteiger charge is 2.26. The first-order valence-corrected chi connectivity index (χ1v) is 10.7. The van der Waals surface area contributed by atoms with Crippen molar-refractivity contribution in [3.05, 3.63) is 69.7 Å². The summed E-state index contributed by atoms with van der Waals surface area (Å²) in [5.74, 6) is -0.241. The molecule has 0 aliphatic carbocycles. The molecule has 0 saturated carbocycles. The average molecular weight is 435 g/mol. The number of amides is 2. The molecule has 0 spiro atoms. The lowest BCUT2D eigenvalue weighted by Crippen LogP contribution is -2.47. The minimum atomic E-state index is -0.595. The third-order valence-corrected chi connectivity index (χ3v) is 5.41. The van der Waals surface area contributed by atoms with Gasteiger partial charge in [-0.1, -0.05) is 72.9 Å². The summed E-state index contributed by atoms with van der Waals surface area (Å²) >= 11 is 12.3. The van der Waals surface area contributed by atoms with E-state index in [9.17, 15) is 9.59 Å². The predicted molar refractivity (Wildman–Crippen MR) is 119 cm³/mol. The molecule has 2 rings (SSSR count). The van der Waals surface area contributed by atoms with E-state index in [4.69, 9.17) is 23.2 Å². The molecular formula is C23H28Cl2N2O2. The van der Waals surface area contributed by atoms with Crippen LogP contribution in [0.2, 0.25) is 10.0 Å². The Morgan fingerprint density at radius 3 is 2.48 bits per heavy atom. The standard InChI is InChI=1S/C23H28Cl2N2O2/c1-3-4-14-26-23(29)17(2)27(16-19-11-12-20(24)15-21(19)25)22(28)13-10-18-8-6-5-7-9-18/h5-9,11-12,15,17H,3-4,10,13-14,16H2,1-2H3,(H,26,29)/t17-/m0/s1. The number of rotatable bonds is 10. The van der Waals surface area contributed by atoms with Crippen LogP contribution in [0.5, 0.6) is 0 Å². The van der Waals surface area contributed by atoms with Crippen LogP contribution in [0.1, 0.15) is 44.2 Å². The zero-order valence-corrected chi connectivity index (χ0v) is 18.5. The SMILES string of the molecule is CCCCNC(=O)[C@H](C)N(Cc1ccc(Cl)cc1Cl)C(=O)CCc1ccccc1. The summed E-state index contributed by atoms with van der Waals surface area (Å²) < 4.78 is 0. The first kappa shape index (κ1) is 23.2. The van der Waals surface area contributed by atoms with Crippen molar-refractivity contribution in [2.45, 2.75) is 52.1 Å². The zero-order chi connectivity index (χ0) is 21.2. The molecular weight excluding hydrogens is 407 g/mol. The van der Waals surface area contributed by atoms with Crippen LogP contribution in [-0.2, 0) is 22.6 Å². The summed E-state index contributed by atoms with van der Waals surface area (Å²) in [6, 6.07) is 14.4. The lowest BCUT2D eigenvalue weighted by molar-refractivity contribution is -0.140. The number of carbonyl (C=O) groups is 2. The molecule has 6 heteroatoms. The van der Waals surface area contributed by atoms with Gasteiger partial charge >= 0.3 is 0 Å². The van der Waals surface area contributed by atoms with E-state index in [1.807, 2.05) is 30.3 Å². The monoisotopic (exact) mass is 434 g/mol. The van der Waals surface area contributed by atoms with Crippen molar-refractivity contribution < 1.29 is 9.59 Å². The summed E-state index contributed by atoms with van der Waals surface area (Å²) in [6.45, 7) is 4.68. The molecule has 1 N–H and O–H groups in total. The zero-order valence-electron chi connectivity index (χ0n) is 17.0. The topological polar surface area (TPSA) is 49.4 Å². The van der Waals surface area contributed by atoms with Gasteiger partial charge in [0.25, 0.3) is 0 Å². The fourth-order valence-corrected chi connectivity index (χ4v) is 3.46. The molecule has 0 aromatic heterocycles. The molecule has 2 amide bonds. The Bertz CT molecular complexity index is 812. The summed E-state index contributed by atoms with van der Waals surface area (Å²) in [5.41, 5.74) is 1.85. The number of carbonyl (C=O) groups excluding carboxylic acids is 2. The van der Waals surface area contributed by atoms with E-state index < -0.39 is 6.04 Å². The van der Waals surface area contributed by atoms with Gasteiger partial charge in [0.15, 0.2) is 0 Å². The summed E-state index contributed by atoms with van der Waals surface area (Å²) in [7, 11) is 0. The van der Waals surface area contributed by atoms with Crippen molar-refractivity contribution in [1.82, 2.24) is 10.2 Å². The van der Waals surface area contributed by atoms with Crippen molar-refractivity contribution >= 4 is 35.0 Å². The highest BCUT2D eigenvalue weighted by atomic mass is 35.5. The van der Waals surface area contributed by atoms with Gasteiger partial charge in [0.1, 0.15) is 6.04 Å². The number of halogens is 2. The first-order chi connectivity index (χ1) is 13.9. The van der Waals surface area contributed by atoms with Gasteiger partial charge in [-0.15, -0.1) is 0 Å². The third-order valence-electron chi connectivity index (χ3n) is 4.82. The number of hydrogen-bond donors (Lipinski definition) is 1. The van der Waals surface area contributed by atoms with E-state index in [0.29, 0.717) is 29.4 Å². The van der Waals surface area contributed by atoms with Crippen molar-refractivity contribution in [2.75, 3.05) is 6.54 Å². The Morgan fingerprint density at radius 2 is 1.83 bits per heavy atom. The van der Waals surface area contributed by atoms with Gasteiger partial charge in [-0.25, -0.2) is 0 Å². The average Bonchev–Trinajstić information content (AvgIpc) is 2.72. The van der Waals surface area contributed by atoms with Crippen molar-refractivity contribution in [3.63, 3.8) is 0 Å². The second-order valence-electron chi connectivity index (χ2n) is 7.06. The van der Waals surface area contributed by atoms with E-state index >= 15 is 0 Å². The molecule has 0 saturated heterocycles. The predicted octanol–water partition coefficient (Wildman–Crippen LogP) is 5.26. The normalized spacial score (nSPS) is 11.7. The minimum Gasteiger partial charge on any atom is -0.354 e. The van der Waals surface area contributed by atoms with Crippen LogP contribution in [0.4, 0.5) is 0 Å². The Labute approximate surface area is 183 Å². The van der Waals surface area contributed by atoms with Crippen molar-refractivity contribution in [3.8, 4) is 0 Å². The number of hydrogen-bond acceptors (Lipinski definition) is 2. The lowest BCUT2D eigenvalue weighted by Gasteiger charge is -2.29. The van der Waals surface area contributed by atoms with E-state index in [1.165, 1.54) is 0 Å². The van der Waals surface area contributed by atoms with Crippen LogP contribution in [0.15, 0.2) is 48.5 Å². The molecule has 0 bridgehead atoms. The molecule has 156 valence electrons. The number of nitrogens with zero attached hydrogens (tertiary/aromatic N) is 1. The molecule has 2 aromatic rings. The molecule has 0 aliphatic rings. The second kappa shape index (κ2) is 11.8. The molecule has 1 atom stereocenters. The molecule has 4 nitrogen and oxygen atoms in total. The first-order valence-electron chi connectivity index (χ1n) is 9.97. The molecule has 0 aliphatic heterocycles. The quantitative estimate of drug-likeness (QED) is 0.518. The number of benzene rings is 2. The molecule has 0 fully saturated rings. The van der Waals surface area contributed by atoms with Crippen LogP contribution in [0.3, 0.4) is 0 Å². The summed E-state index contributed by atoms with van der Waals surface area (Å²) in [4.78, 5) is 27.3.